The van der Waals surface area contributed by atoms with E-state index in [0.29, 0.717) is 17.3 Å². The van der Waals surface area contributed by atoms with E-state index in [1.165, 1.54) is 0 Å². The summed E-state index contributed by atoms with van der Waals surface area (Å²) >= 11 is 3.41. The molecule has 3 aromatic rings. The van der Waals surface area contributed by atoms with Crippen LogP contribution in [-0.2, 0) is 0 Å². The lowest BCUT2D eigenvalue weighted by Crippen LogP contribution is -1.93. The normalized spacial score (nSPS) is 11.2. The van der Waals surface area contributed by atoms with Crippen LogP contribution in [0.4, 0.5) is 5.82 Å². The fourth-order valence-electron chi connectivity index (χ4n) is 1.80. The first-order valence-electron chi connectivity index (χ1n) is 5.14. The molecule has 5 heteroatoms. The Hall–Kier alpha value is -1.75. The lowest BCUT2D eigenvalue weighted by Gasteiger charge is -1.97. The molecule has 17 heavy (non-hydrogen) atoms. The molecule has 3 aromatic heterocycles. The zero-order valence-corrected chi connectivity index (χ0v) is 10.7. The van der Waals surface area contributed by atoms with Crippen LogP contribution in [0.2, 0.25) is 0 Å². The fraction of sp³-hybridized carbons (Fsp3) is 0.0833. The van der Waals surface area contributed by atoms with Gasteiger partial charge in [-0.15, -0.1) is 0 Å². The van der Waals surface area contributed by atoms with Crippen molar-refractivity contribution in [2.24, 2.45) is 0 Å². The summed E-state index contributed by atoms with van der Waals surface area (Å²) in [6.45, 7) is 2.02. The summed E-state index contributed by atoms with van der Waals surface area (Å²) in [5.74, 6) is 1.24. The molecule has 0 aliphatic heterocycles. The van der Waals surface area contributed by atoms with Gasteiger partial charge < -0.3 is 10.2 Å². The molecule has 0 aliphatic rings. The van der Waals surface area contributed by atoms with Gasteiger partial charge in [-0.05, 0) is 46.6 Å². The maximum absolute atomic E-state index is 6.07. The smallest absolute Gasteiger partial charge is 0.170 e. The molecule has 0 aliphatic carbocycles. The Morgan fingerprint density at radius 2 is 2.24 bits per heavy atom. The molecule has 3 heterocycles. The van der Waals surface area contributed by atoms with Gasteiger partial charge in [-0.2, -0.15) is 0 Å². The van der Waals surface area contributed by atoms with E-state index in [1.54, 1.807) is 6.26 Å². The first-order valence-corrected chi connectivity index (χ1v) is 5.93. The van der Waals surface area contributed by atoms with E-state index >= 15 is 0 Å². The zero-order chi connectivity index (χ0) is 12.0. The van der Waals surface area contributed by atoms with E-state index in [9.17, 15) is 0 Å². The number of imidazole rings is 1. The number of halogens is 1. The van der Waals surface area contributed by atoms with Gasteiger partial charge in [-0.1, -0.05) is 0 Å². The van der Waals surface area contributed by atoms with Crippen molar-refractivity contribution in [1.29, 1.82) is 0 Å². The molecule has 4 nitrogen and oxygen atoms in total. The molecule has 0 radical (unpaired) electrons. The SMILES string of the molecule is Cc1ccn2c(N)c(-c3occc3Br)nc2c1. The molecule has 0 fully saturated rings. The maximum atomic E-state index is 6.07. The molecule has 2 N–H and O–H groups in total. The van der Waals surface area contributed by atoms with Crippen LogP contribution >= 0.6 is 15.9 Å². The Labute approximate surface area is 106 Å². The van der Waals surface area contributed by atoms with Crippen molar-refractivity contribution < 1.29 is 4.42 Å². The summed E-state index contributed by atoms with van der Waals surface area (Å²) < 4.78 is 8.08. The lowest BCUT2D eigenvalue weighted by molar-refractivity contribution is 0.579. The molecule has 3 rings (SSSR count). The van der Waals surface area contributed by atoms with Crippen LogP contribution < -0.4 is 5.73 Å². The highest BCUT2D eigenvalue weighted by molar-refractivity contribution is 9.10. The molecule has 0 amide bonds. The predicted molar refractivity (Wildman–Crippen MR) is 69.7 cm³/mol. The van der Waals surface area contributed by atoms with Gasteiger partial charge in [0, 0.05) is 6.20 Å². The van der Waals surface area contributed by atoms with Crippen LogP contribution in [-0.4, -0.2) is 9.38 Å². The summed E-state index contributed by atoms with van der Waals surface area (Å²) in [6.07, 6.45) is 3.52. The standard InChI is InChI=1S/C12H10BrN3O/c1-7-2-4-16-9(6-7)15-10(12(16)14)11-8(13)3-5-17-11/h2-6H,14H2,1H3. The number of hydrogen-bond acceptors (Lipinski definition) is 3. The number of fused-ring (bicyclic) bond motifs is 1. The Morgan fingerprint density at radius 3 is 2.94 bits per heavy atom. The van der Waals surface area contributed by atoms with Crippen LogP contribution in [0, 0.1) is 6.92 Å². The van der Waals surface area contributed by atoms with Crippen molar-refractivity contribution in [3.8, 4) is 11.5 Å². The van der Waals surface area contributed by atoms with Crippen LogP contribution in [0.15, 0.2) is 39.5 Å². The fourth-order valence-corrected chi connectivity index (χ4v) is 2.18. The lowest BCUT2D eigenvalue weighted by atomic mass is 10.3. The second-order valence-electron chi connectivity index (χ2n) is 3.88. The third-order valence-electron chi connectivity index (χ3n) is 2.65. The Kier molecular flexibility index (Phi) is 2.22. The number of hydrogen-bond donors (Lipinski definition) is 1. The van der Waals surface area contributed by atoms with Crippen LogP contribution in [0.25, 0.3) is 17.1 Å². The van der Waals surface area contributed by atoms with E-state index in [-0.39, 0.29) is 0 Å². The molecule has 0 saturated heterocycles. The zero-order valence-electron chi connectivity index (χ0n) is 9.14. The van der Waals surface area contributed by atoms with Crippen LogP contribution in [0.1, 0.15) is 5.56 Å². The van der Waals surface area contributed by atoms with Gasteiger partial charge in [-0.3, -0.25) is 4.40 Å². The maximum Gasteiger partial charge on any atom is 0.170 e. The number of nitrogens with zero attached hydrogens (tertiary/aromatic N) is 2. The highest BCUT2D eigenvalue weighted by atomic mass is 79.9. The second kappa shape index (κ2) is 3.63. The van der Waals surface area contributed by atoms with Gasteiger partial charge in [0.25, 0.3) is 0 Å². The van der Waals surface area contributed by atoms with Gasteiger partial charge in [-0.25, -0.2) is 4.98 Å². The molecule has 0 unspecified atom stereocenters. The Bertz CT molecular complexity index is 699. The van der Waals surface area contributed by atoms with Gasteiger partial charge in [0.15, 0.2) is 5.76 Å². The van der Waals surface area contributed by atoms with Crippen LogP contribution in [0.5, 0.6) is 0 Å². The minimum absolute atomic E-state index is 0.579. The number of furan rings is 1. The number of pyridine rings is 1. The summed E-state index contributed by atoms with van der Waals surface area (Å²) in [4.78, 5) is 4.49. The van der Waals surface area contributed by atoms with Gasteiger partial charge in [0.2, 0.25) is 0 Å². The average molecular weight is 292 g/mol. The third-order valence-corrected chi connectivity index (χ3v) is 3.28. The molecule has 0 saturated carbocycles. The van der Waals surface area contributed by atoms with Crippen molar-refractivity contribution in [2.45, 2.75) is 6.92 Å². The topological polar surface area (TPSA) is 56.5 Å². The number of anilines is 1. The summed E-state index contributed by atoms with van der Waals surface area (Å²) in [6, 6.07) is 5.80. The quantitative estimate of drug-likeness (QED) is 0.749. The van der Waals surface area contributed by atoms with Crippen molar-refractivity contribution in [1.82, 2.24) is 9.38 Å². The molecule has 0 aromatic carbocycles. The molecule has 0 spiro atoms. The van der Waals surface area contributed by atoms with E-state index in [1.807, 2.05) is 35.7 Å². The molecule has 86 valence electrons. The predicted octanol–water partition coefficient (Wildman–Crippen LogP) is 3.25. The second-order valence-corrected chi connectivity index (χ2v) is 4.73. The Balaban J connectivity index is 2.31. The first kappa shape index (κ1) is 10.4. The Morgan fingerprint density at radius 1 is 1.41 bits per heavy atom. The average Bonchev–Trinajstić information content (AvgIpc) is 2.83. The first-order chi connectivity index (χ1) is 8.16. The monoisotopic (exact) mass is 291 g/mol. The minimum atomic E-state index is 0.579. The summed E-state index contributed by atoms with van der Waals surface area (Å²) in [5.41, 5.74) is 8.69. The number of aromatic nitrogens is 2. The molecule has 0 atom stereocenters. The largest absolute Gasteiger partial charge is 0.461 e. The number of nitrogen functional groups attached to an aromatic ring is 1. The van der Waals surface area contributed by atoms with Gasteiger partial charge in [0.05, 0.1) is 10.7 Å². The van der Waals surface area contributed by atoms with E-state index in [0.717, 1.165) is 15.7 Å². The van der Waals surface area contributed by atoms with E-state index in [4.69, 9.17) is 10.2 Å². The third kappa shape index (κ3) is 1.54. The van der Waals surface area contributed by atoms with Gasteiger partial charge in [0.1, 0.15) is 17.2 Å². The van der Waals surface area contributed by atoms with Crippen LogP contribution in [0.3, 0.4) is 0 Å². The summed E-state index contributed by atoms with van der Waals surface area (Å²) in [5, 5.41) is 0. The molecular weight excluding hydrogens is 282 g/mol. The van der Waals surface area contributed by atoms with Crippen molar-refractivity contribution in [2.75, 3.05) is 5.73 Å². The summed E-state index contributed by atoms with van der Waals surface area (Å²) in [7, 11) is 0. The van der Waals surface area contributed by atoms with Gasteiger partial charge >= 0.3 is 0 Å². The minimum Gasteiger partial charge on any atom is -0.461 e. The highest BCUT2D eigenvalue weighted by Crippen LogP contribution is 2.33. The molecule has 0 bridgehead atoms. The van der Waals surface area contributed by atoms with Crippen molar-refractivity contribution in [3.63, 3.8) is 0 Å². The highest BCUT2D eigenvalue weighted by Gasteiger charge is 2.16. The van der Waals surface area contributed by atoms with E-state index < -0.39 is 0 Å². The number of aryl methyl sites for hydroxylation is 1. The number of rotatable bonds is 1. The van der Waals surface area contributed by atoms with Crippen molar-refractivity contribution >= 4 is 27.4 Å². The molecular formula is C12H10BrN3O. The van der Waals surface area contributed by atoms with E-state index in [2.05, 4.69) is 20.9 Å². The number of nitrogens with two attached hydrogens (primary N) is 1. The van der Waals surface area contributed by atoms with Crippen molar-refractivity contribution in [3.05, 3.63) is 40.7 Å².